The number of likely N-dealkylation sites (N-methyl/N-ethyl adjacent to an activating group) is 2. The van der Waals surface area contributed by atoms with E-state index in [1.165, 1.54) is 17.2 Å². The Morgan fingerprint density at radius 3 is 2.47 bits per heavy atom. The molecule has 0 bridgehead atoms. The Morgan fingerprint density at radius 1 is 1.32 bits per heavy atom. The number of aromatic nitrogens is 1. The zero-order valence-electron chi connectivity index (χ0n) is 11.4. The van der Waals surface area contributed by atoms with Crippen molar-refractivity contribution in [1.82, 2.24) is 14.8 Å². The maximum Gasteiger partial charge on any atom is 0.272 e. The van der Waals surface area contributed by atoms with Gasteiger partial charge in [0, 0.05) is 31.4 Å². The number of halogens is 1. The lowest BCUT2D eigenvalue weighted by Crippen LogP contribution is -2.41. The maximum absolute atomic E-state index is 12.1. The van der Waals surface area contributed by atoms with Gasteiger partial charge in [0.05, 0.1) is 6.54 Å². The van der Waals surface area contributed by atoms with Crippen molar-refractivity contribution in [3.8, 4) is 0 Å². The van der Waals surface area contributed by atoms with Crippen LogP contribution in [0.25, 0.3) is 0 Å². The summed E-state index contributed by atoms with van der Waals surface area (Å²) < 4.78 is 0. The summed E-state index contributed by atoms with van der Waals surface area (Å²) in [5, 5.41) is 0.446. The van der Waals surface area contributed by atoms with Crippen LogP contribution in [0.1, 0.15) is 24.3 Å². The van der Waals surface area contributed by atoms with Crippen LogP contribution in [0.3, 0.4) is 0 Å². The van der Waals surface area contributed by atoms with E-state index in [4.69, 9.17) is 11.6 Å². The standard InChI is InChI=1S/C13H18ClN3O2/c1-4-17(5-2)12(18)9-16(3)13(19)11-8-10(14)6-7-15-11/h6-8H,4-5,9H2,1-3H3. The van der Waals surface area contributed by atoms with Gasteiger partial charge in [0.1, 0.15) is 5.69 Å². The fourth-order valence-electron chi connectivity index (χ4n) is 1.67. The Kier molecular flexibility index (Phi) is 5.76. The van der Waals surface area contributed by atoms with E-state index in [0.29, 0.717) is 18.1 Å². The first-order chi connectivity index (χ1) is 8.99. The number of hydrogen-bond acceptors (Lipinski definition) is 3. The van der Waals surface area contributed by atoms with Crippen LogP contribution in [0.15, 0.2) is 18.3 Å². The van der Waals surface area contributed by atoms with Gasteiger partial charge in [0.25, 0.3) is 5.91 Å². The summed E-state index contributed by atoms with van der Waals surface area (Å²) in [4.78, 5) is 30.9. The molecular formula is C13H18ClN3O2. The molecule has 2 amide bonds. The van der Waals surface area contributed by atoms with E-state index < -0.39 is 0 Å². The molecule has 0 aromatic carbocycles. The number of carbonyl (C=O) groups is 2. The molecule has 0 aliphatic heterocycles. The SMILES string of the molecule is CCN(CC)C(=O)CN(C)C(=O)c1cc(Cl)ccn1. The van der Waals surface area contributed by atoms with E-state index >= 15 is 0 Å². The highest BCUT2D eigenvalue weighted by atomic mass is 35.5. The van der Waals surface area contributed by atoms with E-state index in [9.17, 15) is 9.59 Å². The number of nitrogens with zero attached hydrogens (tertiary/aromatic N) is 3. The largest absolute Gasteiger partial charge is 0.342 e. The van der Waals surface area contributed by atoms with Gasteiger partial charge in [-0.15, -0.1) is 0 Å². The van der Waals surface area contributed by atoms with E-state index in [2.05, 4.69) is 4.98 Å². The molecule has 0 aliphatic carbocycles. The summed E-state index contributed by atoms with van der Waals surface area (Å²) in [6.45, 7) is 5.11. The molecule has 0 fully saturated rings. The highest BCUT2D eigenvalue weighted by molar-refractivity contribution is 6.30. The predicted molar refractivity (Wildman–Crippen MR) is 74.1 cm³/mol. The number of amides is 2. The summed E-state index contributed by atoms with van der Waals surface area (Å²) in [5.74, 6) is -0.397. The molecule has 19 heavy (non-hydrogen) atoms. The summed E-state index contributed by atoms with van der Waals surface area (Å²) in [7, 11) is 1.58. The lowest BCUT2D eigenvalue weighted by molar-refractivity contribution is -0.131. The van der Waals surface area contributed by atoms with Crippen molar-refractivity contribution in [3.63, 3.8) is 0 Å². The van der Waals surface area contributed by atoms with Crippen molar-refractivity contribution in [1.29, 1.82) is 0 Å². The third-order valence-corrected chi connectivity index (χ3v) is 3.01. The molecule has 104 valence electrons. The van der Waals surface area contributed by atoms with Gasteiger partial charge < -0.3 is 9.80 Å². The van der Waals surface area contributed by atoms with Crippen LogP contribution in [0.5, 0.6) is 0 Å². The average molecular weight is 284 g/mol. The Labute approximate surface area is 118 Å². The number of pyridine rings is 1. The molecule has 0 radical (unpaired) electrons. The molecule has 0 atom stereocenters. The van der Waals surface area contributed by atoms with Gasteiger partial charge >= 0.3 is 0 Å². The van der Waals surface area contributed by atoms with Gasteiger partial charge in [0.15, 0.2) is 0 Å². The highest BCUT2D eigenvalue weighted by Gasteiger charge is 2.18. The third kappa shape index (κ3) is 4.21. The molecular weight excluding hydrogens is 266 g/mol. The fraction of sp³-hybridized carbons (Fsp3) is 0.462. The first kappa shape index (κ1) is 15.4. The van der Waals surface area contributed by atoms with Crippen LogP contribution in [0.2, 0.25) is 5.02 Å². The minimum absolute atomic E-state index is 0.0364. The molecule has 0 spiro atoms. The van der Waals surface area contributed by atoms with Crippen molar-refractivity contribution >= 4 is 23.4 Å². The second kappa shape index (κ2) is 7.09. The van der Waals surface area contributed by atoms with Crippen LogP contribution < -0.4 is 0 Å². The monoisotopic (exact) mass is 283 g/mol. The Bertz CT molecular complexity index is 461. The van der Waals surface area contributed by atoms with E-state index in [1.54, 1.807) is 18.0 Å². The normalized spacial score (nSPS) is 10.1. The highest BCUT2D eigenvalue weighted by Crippen LogP contribution is 2.09. The van der Waals surface area contributed by atoms with Crippen molar-refractivity contribution in [2.75, 3.05) is 26.7 Å². The second-order valence-corrected chi connectivity index (χ2v) is 4.52. The molecule has 1 aromatic rings. The van der Waals surface area contributed by atoms with Gasteiger partial charge in [-0.05, 0) is 26.0 Å². The minimum atomic E-state index is -0.317. The molecule has 0 saturated carbocycles. The van der Waals surface area contributed by atoms with Crippen LogP contribution in [0.4, 0.5) is 0 Å². The van der Waals surface area contributed by atoms with Crippen LogP contribution in [0, 0.1) is 0 Å². The van der Waals surface area contributed by atoms with Crippen LogP contribution in [-0.4, -0.2) is 53.3 Å². The molecule has 0 N–H and O–H groups in total. The van der Waals surface area contributed by atoms with Crippen molar-refractivity contribution in [3.05, 3.63) is 29.0 Å². The first-order valence-corrected chi connectivity index (χ1v) is 6.52. The number of hydrogen-bond donors (Lipinski definition) is 0. The maximum atomic E-state index is 12.1. The zero-order valence-corrected chi connectivity index (χ0v) is 12.1. The Hall–Kier alpha value is -1.62. The lowest BCUT2D eigenvalue weighted by Gasteiger charge is -2.23. The summed E-state index contributed by atoms with van der Waals surface area (Å²) in [6, 6.07) is 3.08. The molecule has 1 heterocycles. The van der Waals surface area contributed by atoms with E-state index in [0.717, 1.165) is 0 Å². The predicted octanol–water partition coefficient (Wildman–Crippen LogP) is 1.68. The zero-order chi connectivity index (χ0) is 14.4. The molecule has 0 unspecified atom stereocenters. The van der Waals surface area contributed by atoms with Crippen LogP contribution in [-0.2, 0) is 4.79 Å². The molecule has 1 rings (SSSR count). The molecule has 5 nitrogen and oxygen atoms in total. The fourth-order valence-corrected chi connectivity index (χ4v) is 1.83. The third-order valence-electron chi connectivity index (χ3n) is 2.78. The summed E-state index contributed by atoms with van der Waals surface area (Å²) in [5.41, 5.74) is 0.238. The van der Waals surface area contributed by atoms with Crippen molar-refractivity contribution in [2.45, 2.75) is 13.8 Å². The lowest BCUT2D eigenvalue weighted by atomic mass is 10.3. The molecule has 0 aliphatic rings. The quantitative estimate of drug-likeness (QED) is 0.826. The van der Waals surface area contributed by atoms with Crippen molar-refractivity contribution in [2.24, 2.45) is 0 Å². The molecule has 6 heteroatoms. The van der Waals surface area contributed by atoms with Gasteiger partial charge in [0.2, 0.25) is 5.91 Å². The van der Waals surface area contributed by atoms with Gasteiger partial charge in [-0.3, -0.25) is 14.6 Å². The summed E-state index contributed by atoms with van der Waals surface area (Å²) in [6.07, 6.45) is 1.47. The van der Waals surface area contributed by atoms with E-state index in [-0.39, 0.29) is 24.1 Å². The van der Waals surface area contributed by atoms with Gasteiger partial charge in [-0.1, -0.05) is 11.6 Å². The molecule has 0 saturated heterocycles. The van der Waals surface area contributed by atoms with Gasteiger partial charge in [-0.25, -0.2) is 0 Å². The number of rotatable bonds is 5. The van der Waals surface area contributed by atoms with Gasteiger partial charge in [-0.2, -0.15) is 0 Å². The smallest absolute Gasteiger partial charge is 0.272 e. The molecule has 1 aromatic heterocycles. The first-order valence-electron chi connectivity index (χ1n) is 6.14. The number of carbonyl (C=O) groups excluding carboxylic acids is 2. The minimum Gasteiger partial charge on any atom is -0.342 e. The summed E-state index contributed by atoms with van der Waals surface area (Å²) >= 11 is 5.81. The average Bonchev–Trinajstić information content (AvgIpc) is 2.39. The second-order valence-electron chi connectivity index (χ2n) is 4.09. The Morgan fingerprint density at radius 2 is 1.95 bits per heavy atom. The van der Waals surface area contributed by atoms with Crippen LogP contribution >= 0.6 is 11.6 Å². The topological polar surface area (TPSA) is 53.5 Å². The van der Waals surface area contributed by atoms with Crippen molar-refractivity contribution < 1.29 is 9.59 Å². The van der Waals surface area contributed by atoms with E-state index in [1.807, 2.05) is 13.8 Å². The Balaban J connectivity index is 2.70.